The van der Waals surface area contributed by atoms with Crippen molar-refractivity contribution in [3.8, 4) is 11.5 Å². The van der Waals surface area contributed by atoms with Crippen LogP contribution in [0.1, 0.15) is 43.7 Å². The van der Waals surface area contributed by atoms with Gasteiger partial charge in [-0.3, -0.25) is 9.62 Å². The summed E-state index contributed by atoms with van der Waals surface area (Å²) < 4.78 is 45.4. The van der Waals surface area contributed by atoms with E-state index in [1.807, 2.05) is 36.1 Å². The van der Waals surface area contributed by atoms with Crippen molar-refractivity contribution in [1.82, 2.24) is 9.80 Å². The smallest absolute Gasteiger partial charge is 0.322 e. The third-order valence-corrected chi connectivity index (χ3v) is 7.71. The molecule has 2 N–H and O–H groups in total. The molecule has 0 saturated carbocycles. The fourth-order valence-corrected chi connectivity index (χ4v) is 5.50. The normalized spacial score (nSPS) is 14.1. The average Bonchev–Trinajstić information content (AvgIpc) is 2.93. The second-order valence-electron chi connectivity index (χ2n) is 10.6. The maximum atomic E-state index is 14.4. The standard InChI is InChI=1S/C31H39FN4O4S.ClH/c1-4-5-18-36(31(37)33-30-15-6-23(2)21-29(30)32)26-16-19-35(20-17-26)22-24-7-11-27(12-8-24)40-28-13-9-25(10-14-28)34-41(3,38)39;/h6-15,21,26,34H,4-5,16-20,22H2,1-3H3,(H,33,37);1H. The van der Waals surface area contributed by atoms with E-state index in [0.717, 1.165) is 57.1 Å². The van der Waals surface area contributed by atoms with Gasteiger partial charge in [0, 0.05) is 37.9 Å². The second-order valence-corrected chi connectivity index (χ2v) is 12.4. The number of aryl methyl sites for hydroxylation is 1. The number of hydrogen-bond acceptors (Lipinski definition) is 5. The van der Waals surface area contributed by atoms with Crippen molar-refractivity contribution in [2.75, 3.05) is 35.9 Å². The number of sulfonamides is 1. The van der Waals surface area contributed by atoms with Crippen molar-refractivity contribution < 1.29 is 22.3 Å². The number of urea groups is 1. The summed E-state index contributed by atoms with van der Waals surface area (Å²) in [6.07, 6.45) is 4.71. The number of rotatable bonds is 11. The zero-order chi connectivity index (χ0) is 29.4. The number of halogens is 2. The number of piperidine rings is 1. The average molecular weight is 619 g/mol. The molecule has 3 aromatic carbocycles. The lowest BCUT2D eigenvalue weighted by Gasteiger charge is -2.38. The molecule has 228 valence electrons. The first-order valence-electron chi connectivity index (χ1n) is 14.0. The zero-order valence-electron chi connectivity index (χ0n) is 24.3. The summed E-state index contributed by atoms with van der Waals surface area (Å²) in [6, 6.07) is 19.4. The van der Waals surface area contributed by atoms with Gasteiger partial charge in [0.1, 0.15) is 17.3 Å². The molecule has 0 aromatic heterocycles. The minimum atomic E-state index is -3.32. The lowest BCUT2D eigenvalue weighted by atomic mass is 10.0. The van der Waals surface area contributed by atoms with E-state index in [1.165, 1.54) is 11.6 Å². The topological polar surface area (TPSA) is 91.0 Å². The lowest BCUT2D eigenvalue weighted by Crippen LogP contribution is -2.49. The molecule has 11 heteroatoms. The van der Waals surface area contributed by atoms with Gasteiger partial charge in [-0.1, -0.05) is 31.5 Å². The number of likely N-dealkylation sites (tertiary alicyclic amines) is 1. The van der Waals surface area contributed by atoms with E-state index in [-0.39, 0.29) is 30.2 Å². The van der Waals surface area contributed by atoms with E-state index in [9.17, 15) is 17.6 Å². The van der Waals surface area contributed by atoms with Gasteiger partial charge in [-0.05, 0) is 85.8 Å². The van der Waals surface area contributed by atoms with Gasteiger partial charge in [-0.25, -0.2) is 17.6 Å². The summed E-state index contributed by atoms with van der Waals surface area (Å²) in [6.45, 7) is 7.11. The molecule has 0 radical (unpaired) electrons. The van der Waals surface area contributed by atoms with Crippen LogP contribution in [0.15, 0.2) is 66.7 Å². The number of ether oxygens (including phenoxy) is 1. The number of carbonyl (C=O) groups excluding carboxylic acids is 1. The van der Waals surface area contributed by atoms with Crippen molar-refractivity contribution in [2.24, 2.45) is 0 Å². The predicted octanol–water partition coefficient (Wildman–Crippen LogP) is 7.02. The summed E-state index contributed by atoms with van der Waals surface area (Å²) in [5, 5.41) is 2.79. The van der Waals surface area contributed by atoms with Gasteiger partial charge in [-0.15, -0.1) is 12.4 Å². The molecule has 4 rings (SSSR count). The monoisotopic (exact) mass is 618 g/mol. The van der Waals surface area contributed by atoms with Crippen LogP contribution in [0.25, 0.3) is 0 Å². The number of carbonyl (C=O) groups is 1. The van der Waals surface area contributed by atoms with Gasteiger partial charge < -0.3 is 15.0 Å². The van der Waals surface area contributed by atoms with Crippen molar-refractivity contribution in [3.05, 3.63) is 83.7 Å². The zero-order valence-corrected chi connectivity index (χ0v) is 25.9. The fourth-order valence-electron chi connectivity index (χ4n) is 4.94. The molecule has 1 fully saturated rings. The van der Waals surface area contributed by atoms with Gasteiger partial charge in [0.2, 0.25) is 10.0 Å². The van der Waals surface area contributed by atoms with E-state index < -0.39 is 15.8 Å². The number of amides is 2. The van der Waals surface area contributed by atoms with Crippen LogP contribution in [0, 0.1) is 12.7 Å². The number of benzene rings is 3. The van der Waals surface area contributed by atoms with E-state index in [2.05, 4.69) is 21.9 Å². The first kappa shape index (κ1) is 33.2. The Labute approximate surface area is 254 Å². The molecule has 0 unspecified atom stereocenters. The maximum absolute atomic E-state index is 14.4. The molecule has 1 aliphatic heterocycles. The largest absolute Gasteiger partial charge is 0.457 e. The highest BCUT2D eigenvalue weighted by molar-refractivity contribution is 7.92. The quantitative estimate of drug-likeness (QED) is 0.241. The van der Waals surface area contributed by atoms with Crippen LogP contribution in [-0.2, 0) is 16.6 Å². The number of anilines is 2. The summed E-state index contributed by atoms with van der Waals surface area (Å²) in [5.41, 5.74) is 2.68. The van der Waals surface area contributed by atoms with Crippen LogP contribution in [-0.4, -0.2) is 56.2 Å². The van der Waals surface area contributed by atoms with Gasteiger partial charge in [-0.2, -0.15) is 0 Å². The van der Waals surface area contributed by atoms with E-state index >= 15 is 0 Å². The van der Waals surface area contributed by atoms with E-state index in [1.54, 1.807) is 36.4 Å². The Hall–Kier alpha value is -3.34. The van der Waals surface area contributed by atoms with E-state index in [4.69, 9.17) is 4.74 Å². The molecule has 0 aliphatic carbocycles. The second kappa shape index (κ2) is 15.2. The number of nitrogens with zero attached hydrogens (tertiary/aromatic N) is 2. The maximum Gasteiger partial charge on any atom is 0.322 e. The van der Waals surface area contributed by atoms with Gasteiger partial charge >= 0.3 is 6.03 Å². The molecular weight excluding hydrogens is 579 g/mol. The van der Waals surface area contributed by atoms with Crippen molar-refractivity contribution in [3.63, 3.8) is 0 Å². The van der Waals surface area contributed by atoms with E-state index in [0.29, 0.717) is 23.7 Å². The highest BCUT2D eigenvalue weighted by atomic mass is 35.5. The van der Waals surface area contributed by atoms with Gasteiger partial charge in [0.25, 0.3) is 0 Å². The Balaban J connectivity index is 0.00000484. The number of nitrogens with one attached hydrogen (secondary N) is 2. The summed E-state index contributed by atoms with van der Waals surface area (Å²) in [4.78, 5) is 17.4. The minimum Gasteiger partial charge on any atom is -0.457 e. The molecule has 1 saturated heterocycles. The fraction of sp³-hybridized carbons (Fsp3) is 0.387. The van der Waals surface area contributed by atoms with Crippen LogP contribution in [0.4, 0.5) is 20.6 Å². The van der Waals surface area contributed by atoms with Crippen molar-refractivity contribution in [2.45, 2.75) is 52.1 Å². The third-order valence-electron chi connectivity index (χ3n) is 7.10. The highest BCUT2D eigenvalue weighted by Crippen LogP contribution is 2.25. The molecule has 0 bridgehead atoms. The van der Waals surface area contributed by atoms with Crippen LogP contribution in [0.2, 0.25) is 0 Å². The lowest BCUT2D eigenvalue weighted by molar-refractivity contribution is 0.122. The van der Waals surface area contributed by atoms with Crippen LogP contribution in [0.5, 0.6) is 11.5 Å². The SMILES string of the molecule is CCCCN(C(=O)Nc1ccc(C)cc1F)C1CCN(Cc2ccc(Oc3ccc(NS(C)(=O)=O)cc3)cc2)CC1.Cl. The molecule has 0 spiro atoms. The first-order valence-corrected chi connectivity index (χ1v) is 15.9. The van der Waals surface area contributed by atoms with Crippen LogP contribution >= 0.6 is 12.4 Å². The Kier molecular flexibility index (Phi) is 12.0. The molecule has 8 nitrogen and oxygen atoms in total. The molecule has 1 heterocycles. The number of hydrogen-bond donors (Lipinski definition) is 2. The molecular formula is C31H40ClFN4O4S. The molecule has 0 atom stereocenters. The predicted molar refractivity (Wildman–Crippen MR) is 169 cm³/mol. The molecule has 42 heavy (non-hydrogen) atoms. The summed E-state index contributed by atoms with van der Waals surface area (Å²) in [7, 11) is -3.32. The highest BCUT2D eigenvalue weighted by Gasteiger charge is 2.28. The molecule has 3 aromatic rings. The summed E-state index contributed by atoms with van der Waals surface area (Å²) >= 11 is 0. The Bertz CT molecular complexity index is 1410. The third kappa shape index (κ3) is 9.89. The van der Waals surface area contributed by atoms with Crippen LogP contribution < -0.4 is 14.8 Å². The van der Waals surface area contributed by atoms with Crippen molar-refractivity contribution >= 4 is 39.8 Å². The first-order chi connectivity index (χ1) is 19.6. The van der Waals surface area contributed by atoms with Crippen LogP contribution in [0.3, 0.4) is 0 Å². The Morgan fingerprint density at radius 1 is 1.02 bits per heavy atom. The molecule has 2 amide bonds. The van der Waals surface area contributed by atoms with Gasteiger partial charge in [0.05, 0.1) is 11.9 Å². The van der Waals surface area contributed by atoms with Crippen molar-refractivity contribution in [1.29, 1.82) is 0 Å². The number of unbranched alkanes of at least 4 members (excludes halogenated alkanes) is 1. The minimum absolute atomic E-state index is 0. The Morgan fingerprint density at radius 2 is 1.64 bits per heavy atom. The van der Waals surface area contributed by atoms with Gasteiger partial charge in [0.15, 0.2) is 0 Å². The molecule has 1 aliphatic rings. The summed E-state index contributed by atoms with van der Waals surface area (Å²) in [5.74, 6) is 0.888. The Morgan fingerprint density at radius 3 is 2.21 bits per heavy atom.